The fourth-order valence-electron chi connectivity index (χ4n) is 1.09. The van der Waals surface area contributed by atoms with Gasteiger partial charge in [0.2, 0.25) is 0 Å². The van der Waals surface area contributed by atoms with Crippen LogP contribution < -0.4 is 10.6 Å². The maximum atomic E-state index is 5.53. The van der Waals surface area contributed by atoms with Crippen LogP contribution in [0.4, 0.5) is 5.82 Å². The average molecular weight is 210 g/mol. The molecule has 0 bridgehead atoms. The first-order valence-electron chi connectivity index (χ1n) is 4.39. The molecule has 0 aromatic carbocycles. The molecule has 1 aromatic heterocycles. The van der Waals surface area contributed by atoms with Crippen LogP contribution in [-0.2, 0) is 0 Å². The van der Waals surface area contributed by atoms with Crippen LogP contribution in [0.15, 0.2) is 18.3 Å². The summed E-state index contributed by atoms with van der Waals surface area (Å²) in [4.78, 5) is 2.51. The normalized spacial score (nSPS) is 12.1. The predicted octanol–water partition coefficient (Wildman–Crippen LogP) is 0.835. The number of aromatic nitrogens is 2. The molecule has 0 spiro atoms. The Morgan fingerprint density at radius 3 is 2.93 bits per heavy atom. The van der Waals surface area contributed by atoms with Gasteiger partial charge >= 0.3 is 0 Å². The van der Waals surface area contributed by atoms with Gasteiger partial charge in [0.25, 0.3) is 0 Å². The van der Waals surface area contributed by atoms with Crippen LogP contribution in [0.3, 0.4) is 0 Å². The first kappa shape index (κ1) is 10.8. The van der Waals surface area contributed by atoms with E-state index in [9.17, 15) is 0 Å². The van der Waals surface area contributed by atoms with Gasteiger partial charge in [-0.05, 0) is 12.1 Å². The Morgan fingerprint density at radius 2 is 2.43 bits per heavy atom. The minimum atomic E-state index is 0.178. The summed E-state index contributed by atoms with van der Waals surface area (Å²) in [5.41, 5.74) is 5.53. The second kappa shape index (κ2) is 4.85. The van der Waals surface area contributed by atoms with Crippen molar-refractivity contribution in [2.45, 2.75) is 6.92 Å². The maximum Gasteiger partial charge on any atom is 0.150 e. The lowest BCUT2D eigenvalue weighted by atomic mass is 10.2. The molecule has 14 heavy (non-hydrogen) atoms. The van der Waals surface area contributed by atoms with E-state index in [2.05, 4.69) is 10.2 Å². The van der Waals surface area contributed by atoms with Crippen LogP contribution in [-0.4, -0.2) is 28.8 Å². The Morgan fingerprint density at radius 1 is 1.71 bits per heavy atom. The van der Waals surface area contributed by atoms with E-state index in [0.29, 0.717) is 4.99 Å². The van der Waals surface area contributed by atoms with Crippen LogP contribution in [0, 0.1) is 5.92 Å². The summed E-state index contributed by atoms with van der Waals surface area (Å²) in [6.45, 7) is 2.75. The summed E-state index contributed by atoms with van der Waals surface area (Å²) in [7, 11) is 1.94. The van der Waals surface area contributed by atoms with E-state index in [1.54, 1.807) is 6.20 Å². The van der Waals surface area contributed by atoms with Crippen LogP contribution in [0.5, 0.6) is 0 Å². The van der Waals surface area contributed by atoms with Crippen molar-refractivity contribution in [1.29, 1.82) is 0 Å². The number of anilines is 1. The van der Waals surface area contributed by atoms with E-state index in [-0.39, 0.29) is 5.92 Å². The molecule has 0 saturated heterocycles. The quantitative estimate of drug-likeness (QED) is 0.746. The lowest BCUT2D eigenvalue weighted by Crippen LogP contribution is -2.31. The summed E-state index contributed by atoms with van der Waals surface area (Å²) in [5.74, 6) is 1.01. The molecule has 0 radical (unpaired) electrons. The second-order valence-corrected chi connectivity index (χ2v) is 3.74. The molecule has 1 unspecified atom stereocenters. The molecule has 1 heterocycles. The highest BCUT2D eigenvalue weighted by atomic mass is 32.1. The topological polar surface area (TPSA) is 55.0 Å². The minimum Gasteiger partial charge on any atom is -0.393 e. The maximum absolute atomic E-state index is 5.53. The van der Waals surface area contributed by atoms with Crippen LogP contribution in [0.25, 0.3) is 0 Å². The van der Waals surface area contributed by atoms with E-state index in [0.717, 1.165) is 12.4 Å². The Balaban J connectivity index is 2.59. The van der Waals surface area contributed by atoms with E-state index in [4.69, 9.17) is 18.0 Å². The monoisotopic (exact) mass is 210 g/mol. The van der Waals surface area contributed by atoms with Crippen molar-refractivity contribution < 1.29 is 0 Å². The van der Waals surface area contributed by atoms with E-state index < -0.39 is 0 Å². The molecule has 0 aliphatic heterocycles. The Bertz CT molecular complexity index is 301. The van der Waals surface area contributed by atoms with Gasteiger partial charge in [-0.1, -0.05) is 19.1 Å². The van der Waals surface area contributed by atoms with Gasteiger partial charge in [0.15, 0.2) is 5.82 Å². The van der Waals surface area contributed by atoms with Crippen molar-refractivity contribution >= 4 is 23.0 Å². The summed E-state index contributed by atoms with van der Waals surface area (Å²) >= 11 is 4.90. The van der Waals surface area contributed by atoms with E-state index in [1.165, 1.54) is 0 Å². The van der Waals surface area contributed by atoms with Crippen molar-refractivity contribution in [3.8, 4) is 0 Å². The Hall–Kier alpha value is -1.23. The summed E-state index contributed by atoms with van der Waals surface area (Å²) in [6, 6.07) is 3.75. The van der Waals surface area contributed by atoms with Gasteiger partial charge in [0, 0.05) is 25.7 Å². The molecule has 0 aliphatic rings. The zero-order valence-electron chi connectivity index (χ0n) is 8.34. The van der Waals surface area contributed by atoms with Gasteiger partial charge in [-0.3, -0.25) is 0 Å². The molecule has 76 valence electrons. The summed E-state index contributed by atoms with van der Waals surface area (Å²) in [5, 5.41) is 7.79. The smallest absolute Gasteiger partial charge is 0.150 e. The highest BCUT2D eigenvalue weighted by molar-refractivity contribution is 7.80. The molecule has 0 amide bonds. The van der Waals surface area contributed by atoms with Crippen molar-refractivity contribution in [2.24, 2.45) is 11.7 Å². The predicted molar refractivity (Wildman–Crippen MR) is 61.3 cm³/mol. The number of hydrogen-bond donors (Lipinski definition) is 1. The zero-order chi connectivity index (χ0) is 10.6. The van der Waals surface area contributed by atoms with Crippen LogP contribution in [0.2, 0.25) is 0 Å². The lowest BCUT2D eigenvalue weighted by Gasteiger charge is -2.20. The molecule has 5 heteroatoms. The number of nitrogens with zero attached hydrogens (tertiary/aromatic N) is 3. The molecule has 2 N–H and O–H groups in total. The fraction of sp³-hybridized carbons (Fsp3) is 0.444. The molecule has 1 aromatic rings. The molecular formula is C9H14N4S. The van der Waals surface area contributed by atoms with E-state index >= 15 is 0 Å². The molecular weight excluding hydrogens is 196 g/mol. The fourth-order valence-corrected chi connectivity index (χ4v) is 1.17. The summed E-state index contributed by atoms with van der Waals surface area (Å²) < 4.78 is 0. The van der Waals surface area contributed by atoms with Crippen molar-refractivity contribution in [2.75, 3.05) is 18.5 Å². The highest BCUT2D eigenvalue weighted by Crippen LogP contribution is 2.08. The third-order valence-corrected chi connectivity index (χ3v) is 2.39. The molecule has 0 aliphatic carbocycles. The van der Waals surface area contributed by atoms with Gasteiger partial charge < -0.3 is 10.6 Å². The SMILES string of the molecule is CC(CN(C)c1cccnn1)C(N)=S. The minimum absolute atomic E-state index is 0.178. The first-order valence-corrected chi connectivity index (χ1v) is 4.80. The largest absolute Gasteiger partial charge is 0.393 e. The van der Waals surface area contributed by atoms with E-state index in [1.807, 2.05) is 31.0 Å². The van der Waals surface area contributed by atoms with Gasteiger partial charge in [0.1, 0.15) is 0 Å². The molecule has 0 saturated carbocycles. The molecule has 4 nitrogen and oxygen atoms in total. The van der Waals surface area contributed by atoms with Gasteiger partial charge in [-0.15, -0.1) is 5.10 Å². The standard InChI is InChI=1S/C9H14N4S/c1-7(9(10)14)6-13(2)8-4-3-5-11-12-8/h3-5,7H,6H2,1-2H3,(H2,10,14). The summed E-state index contributed by atoms with van der Waals surface area (Å²) in [6.07, 6.45) is 1.65. The third-order valence-electron chi connectivity index (χ3n) is 1.98. The molecule has 0 fully saturated rings. The number of nitrogens with two attached hydrogens (primary N) is 1. The number of hydrogen-bond acceptors (Lipinski definition) is 4. The van der Waals surface area contributed by atoms with Gasteiger partial charge in [-0.25, -0.2) is 0 Å². The highest BCUT2D eigenvalue weighted by Gasteiger charge is 2.09. The van der Waals surface area contributed by atoms with Crippen LogP contribution >= 0.6 is 12.2 Å². The van der Waals surface area contributed by atoms with Gasteiger partial charge in [0.05, 0.1) is 4.99 Å². The molecule has 1 rings (SSSR count). The second-order valence-electron chi connectivity index (χ2n) is 3.27. The van der Waals surface area contributed by atoms with Crippen LogP contribution in [0.1, 0.15) is 6.92 Å². The molecule has 1 atom stereocenters. The third kappa shape index (κ3) is 2.92. The average Bonchev–Trinajstić information content (AvgIpc) is 2.19. The first-order chi connectivity index (χ1) is 6.61. The number of thiocarbonyl (C=S) groups is 1. The van der Waals surface area contributed by atoms with Crippen molar-refractivity contribution in [3.05, 3.63) is 18.3 Å². The Labute approximate surface area is 89.1 Å². The number of rotatable bonds is 4. The Kier molecular flexibility index (Phi) is 3.76. The van der Waals surface area contributed by atoms with Crippen molar-refractivity contribution in [1.82, 2.24) is 10.2 Å². The van der Waals surface area contributed by atoms with Gasteiger partial charge in [-0.2, -0.15) is 5.10 Å². The zero-order valence-corrected chi connectivity index (χ0v) is 9.16. The van der Waals surface area contributed by atoms with Crippen molar-refractivity contribution in [3.63, 3.8) is 0 Å². The lowest BCUT2D eigenvalue weighted by molar-refractivity contribution is 0.729.